The van der Waals surface area contributed by atoms with Gasteiger partial charge < -0.3 is 5.11 Å². The lowest BCUT2D eigenvalue weighted by molar-refractivity contribution is 0.236. The van der Waals surface area contributed by atoms with Crippen LogP contribution >= 0.6 is 11.6 Å². The number of halogens is 1. The second kappa shape index (κ2) is 3.38. The van der Waals surface area contributed by atoms with Gasteiger partial charge in [0.15, 0.2) is 6.10 Å². The van der Waals surface area contributed by atoms with Crippen molar-refractivity contribution in [1.29, 1.82) is 5.26 Å². The smallest absolute Gasteiger partial charge is 0.167 e. The fourth-order valence-electron chi connectivity index (χ4n) is 0.766. The Morgan fingerprint density at radius 1 is 1.45 bits per heavy atom. The minimum Gasteiger partial charge on any atom is -0.374 e. The molecule has 0 aliphatic carbocycles. The van der Waals surface area contributed by atoms with Crippen LogP contribution in [0.25, 0.3) is 0 Å². The van der Waals surface area contributed by atoms with Crippen LogP contribution in [0.4, 0.5) is 0 Å². The molecule has 1 unspecified atom stereocenters. The first kappa shape index (κ1) is 8.06. The fraction of sp³-hybridized carbons (Fsp3) is 0.125. The highest BCUT2D eigenvalue weighted by atomic mass is 35.5. The lowest BCUT2D eigenvalue weighted by Crippen LogP contribution is -1.93. The number of hydrogen-bond donors (Lipinski definition) is 1. The first-order valence-corrected chi connectivity index (χ1v) is 3.45. The summed E-state index contributed by atoms with van der Waals surface area (Å²) in [5, 5.41) is 17.8. The van der Waals surface area contributed by atoms with Crippen LogP contribution in [0.5, 0.6) is 0 Å². The van der Waals surface area contributed by atoms with E-state index in [0.717, 1.165) is 0 Å². The molecule has 0 bridgehead atoms. The maximum absolute atomic E-state index is 9.06. The summed E-state index contributed by atoms with van der Waals surface area (Å²) >= 11 is 5.69. The van der Waals surface area contributed by atoms with Gasteiger partial charge in [0.2, 0.25) is 0 Å². The van der Waals surface area contributed by atoms with Crippen molar-refractivity contribution in [3.63, 3.8) is 0 Å². The molecule has 11 heavy (non-hydrogen) atoms. The van der Waals surface area contributed by atoms with Crippen LogP contribution in [0.3, 0.4) is 0 Å². The molecule has 1 aromatic carbocycles. The van der Waals surface area contributed by atoms with Crippen LogP contribution in [-0.2, 0) is 0 Å². The Balaban J connectivity index is 3.05. The summed E-state index contributed by atoms with van der Waals surface area (Å²) in [5.41, 5.74) is 0.455. The Hall–Kier alpha value is -1.04. The van der Waals surface area contributed by atoms with Crippen LogP contribution in [0.15, 0.2) is 24.3 Å². The molecule has 1 rings (SSSR count). The SMILES string of the molecule is N#CC(O)c1ccccc1Cl. The van der Waals surface area contributed by atoms with E-state index >= 15 is 0 Å². The first-order chi connectivity index (χ1) is 5.25. The summed E-state index contributed by atoms with van der Waals surface area (Å²) in [7, 11) is 0. The molecule has 1 atom stereocenters. The average molecular weight is 168 g/mol. The van der Waals surface area contributed by atoms with Crippen molar-refractivity contribution in [3.05, 3.63) is 34.9 Å². The van der Waals surface area contributed by atoms with Gasteiger partial charge in [-0.2, -0.15) is 5.26 Å². The number of aliphatic hydroxyl groups is 1. The molecule has 2 nitrogen and oxygen atoms in total. The topological polar surface area (TPSA) is 44.0 Å². The van der Waals surface area contributed by atoms with E-state index in [-0.39, 0.29) is 0 Å². The molecule has 0 aliphatic rings. The summed E-state index contributed by atoms with van der Waals surface area (Å²) in [6.45, 7) is 0. The minimum absolute atomic E-state index is 0.418. The number of rotatable bonds is 1. The highest BCUT2D eigenvalue weighted by Crippen LogP contribution is 2.21. The third-order valence-electron chi connectivity index (χ3n) is 1.32. The lowest BCUT2D eigenvalue weighted by atomic mass is 10.1. The molecule has 56 valence electrons. The van der Waals surface area contributed by atoms with E-state index in [1.54, 1.807) is 30.3 Å². The minimum atomic E-state index is -1.12. The molecule has 0 radical (unpaired) electrons. The number of nitrogens with zero attached hydrogens (tertiary/aromatic N) is 1. The van der Waals surface area contributed by atoms with Gasteiger partial charge in [-0.25, -0.2) is 0 Å². The van der Waals surface area contributed by atoms with E-state index in [0.29, 0.717) is 10.6 Å². The summed E-state index contributed by atoms with van der Waals surface area (Å²) in [5.74, 6) is 0. The summed E-state index contributed by atoms with van der Waals surface area (Å²) in [6.07, 6.45) is -1.12. The van der Waals surface area contributed by atoms with Gasteiger partial charge in [-0.15, -0.1) is 0 Å². The zero-order valence-electron chi connectivity index (χ0n) is 5.66. The van der Waals surface area contributed by atoms with Gasteiger partial charge >= 0.3 is 0 Å². The standard InChI is InChI=1S/C8H6ClNO/c9-7-4-2-1-3-6(7)8(11)5-10/h1-4,8,11H. The molecule has 0 amide bonds. The zero-order valence-corrected chi connectivity index (χ0v) is 6.42. The molecule has 1 aromatic rings. The van der Waals surface area contributed by atoms with Crippen molar-refractivity contribution in [3.8, 4) is 6.07 Å². The van der Waals surface area contributed by atoms with Crippen molar-refractivity contribution < 1.29 is 5.11 Å². The predicted octanol–water partition coefficient (Wildman–Crippen LogP) is 1.90. The molecule has 0 spiro atoms. The maximum atomic E-state index is 9.06. The van der Waals surface area contributed by atoms with Gasteiger partial charge in [-0.1, -0.05) is 29.8 Å². The van der Waals surface area contributed by atoms with Crippen LogP contribution in [0.1, 0.15) is 11.7 Å². The first-order valence-electron chi connectivity index (χ1n) is 3.08. The third-order valence-corrected chi connectivity index (χ3v) is 1.67. The van der Waals surface area contributed by atoms with Gasteiger partial charge in [0.05, 0.1) is 6.07 Å². The van der Waals surface area contributed by atoms with Crippen molar-refractivity contribution in [1.82, 2.24) is 0 Å². The van der Waals surface area contributed by atoms with E-state index in [4.69, 9.17) is 22.0 Å². The van der Waals surface area contributed by atoms with Crippen molar-refractivity contribution in [2.75, 3.05) is 0 Å². The quantitative estimate of drug-likeness (QED) is 0.650. The Labute approximate surface area is 69.7 Å². The molecule has 1 N–H and O–H groups in total. The molecule has 0 saturated carbocycles. The Kier molecular flexibility index (Phi) is 2.48. The lowest BCUT2D eigenvalue weighted by Gasteiger charge is -2.02. The van der Waals surface area contributed by atoms with Gasteiger partial charge in [-0.3, -0.25) is 0 Å². The Morgan fingerprint density at radius 2 is 2.09 bits per heavy atom. The molecule has 0 saturated heterocycles. The van der Waals surface area contributed by atoms with E-state index < -0.39 is 6.10 Å². The van der Waals surface area contributed by atoms with E-state index in [1.165, 1.54) is 0 Å². The molecule has 0 heterocycles. The van der Waals surface area contributed by atoms with Crippen molar-refractivity contribution in [2.24, 2.45) is 0 Å². The molecule has 0 aromatic heterocycles. The van der Waals surface area contributed by atoms with E-state index in [1.807, 2.05) is 0 Å². The van der Waals surface area contributed by atoms with Crippen LogP contribution in [-0.4, -0.2) is 5.11 Å². The zero-order chi connectivity index (χ0) is 8.27. The van der Waals surface area contributed by atoms with Gasteiger partial charge in [0.25, 0.3) is 0 Å². The molecule has 3 heteroatoms. The predicted molar refractivity (Wildman–Crippen MR) is 42.0 cm³/mol. The summed E-state index contributed by atoms with van der Waals surface area (Å²) in [6, 6.07) is 8.42. The third kappa shape index (κ3) is 1.70. The Bertz CT molecular complexity index is 292. The highest BCUT2D eigenvalue weighted by Gasteiger charge is 2.07. The highest BCUT2D eigenvalue weighted by molar-refractivity contribution is 6.31. The second-order valence-electron chi connectivity index (χ2n) is 2.05. The number of nitriles is 1. The normalized spacial score (nSPS) is 12.1. The molecular weight excluding hydrogens is 162 g/mol. The van der Waals surface area contributed by atoms with Crippen LogP contribution in [0.2, 0.25) is 5.02 Å². The van der Waals surface area contributed by atoms with E-state index in [2.05, 4.69) is 0 Å². The largest absolute Gasteiger partial charge is 0.374 e. The van der Waals surface area contributed by atoms with Crippen molar-refractivity contribution >= 4 is 11.6 Å². The summed E-state index contributed by atoms with van der Waals surface area (Å²) < 4.78 is 0. The monoisotopic (exact) mass is 167 g/mol. The van der Waals surface area contributed by atoms with Crippen LogP contribution in [0, 0.1) is 11.3 Å². The van der Waals surface area contributed by atoms with Gasteiger partial charge in [-0.05, 0) is 6.07 Å². The van der Waals surface area contributed by atoms with Crippen LogP contribution < -0.4 is 0 Å². The summed E-state index contributed by atoms with van der Waals surface area (Å²) in [4.78, 5) is 0. The average Bonchev–Trinajstić information content (AvgIpc) is 2.04. The number of hydrogen-bond acceptors (Lipinski definition) is 2. The molecular formula is C8H6ClNO. The number of benzene rings is 1. The molecule has 0 aliphatic heterocycles. The van der Waals surface area contributed by atoms with Gasteiger partial charge in [0.1, 0.15) is 0 Å². The maximum Gasteiger partial charge on any atom is 0.167 e. The second-order valence-corrected chi connectivity index (χ2v) is 2.46. The fourth-order valence-corrected chi connectivity index (χ4v) is 1.01. The molecule has 0 fully saturated rings. The van der Waals surface area contributed by atoms with Gasteiger partial charge in [0, 0.05) is 10.6 Å². The Morgan fingerprint density at radius 3 is 2.64 bits per heavy atom. The van der Waals surface area contributed by atoms with E-state index in [9.17, 15) is 0 Å². The van der Waals surface area contributed by atoms with Crippen molar-refractivity contribution in [2.45, 2.75) is 6.10 Å². The number of aliphatic hydroxyl groups excluding tert-OH is 1.